The maximum absolute atomic E-state index is 11.9. The molecule has 0 unspecified atom stereocenters. The second-order valence-electron chi connectivity index (χ2n) is 7.38. The van der Waals surface area contributed by atoms with E-state index in [1.165, 1.54) is 27.8 Å². The summed E-state index contributed by atoms with van der Waals surface area (Å²) in [5, 5.41) is 0.995. The molecule has 0 N–H and O–H groups in total. The van der Waals surface area contributed by atoms with Crippen LogP contribution in [-0.2, 0) is 13.0 Å². The van der Waals surface area contributed by atoms with E-state index in [1.807, 2.05) is 18.2 Å². The fourth-order valence-corrected chi connectivity index (χ4v) is 3.54. The predicted octanol–water partition coefficient (Wildman–Crippen LogP) is 5.95. The Hall–Kier alpha value is -2.55. The average molecular weight is 364 g/mol. The minimum absolute atomic E-state index is 0.299. The van der Waals surface area contributed by atoms with Crippen molar-refractivity contribution in [1.29, 1.82) is 0 Å². The van der Waals surface area contributed by atoms with Crippen LogP contribution in [0.25, 0.3) is 11.0 Å². The van der Waals surface area contributed by atoms with Gasteiger partial charge < -0.3 is 9.15 Å². The fourth-order valence-electron chi connectivity index (χ4n) is 3.54. The summed E-state index contributed by atoms with van der Waals surface area (Å²) in [7, 11) is 0. The van der Waals surface area contributed by atoms with Crippen LogP contribution >= 0.6 is 0 Å². The Bertz CT molecular complexity index is 1000. The Morgan fingerprint density at radius 1 is 0.963 bits per heavy atom. The lowest BCUT2D eigenvalue weighted by molar-refractivity contribution is 0.304. The predicted molar refractivity (Wildman–Crippen MR) is 111 cm³/mol. The van der Waals surface area contributed by atoms with Gasteiger partial charge in [-0.05, 0) is 86.1 Å². The molecule has 3 heteroatoms. The third-order valence-electron chi connectivity index (χ3n) is 5.51. The number of ether oxygens (including phenoxy) is 1. The van der Waals surface area contributed by atoms with Crippen molar-refractivity contribution in [3.63, 3.8) is 0 Å². The molecule has 0 saturated heterocycles. The lowest BCUT2D eigenvalue weighted by atomic mass is 9.95. The zero-order valence-corrected chi connectivity index (χ0v) is 16.9. The van der Waals surface area contributed by atoms with Gasteiger partial charge in [-0.25, -0.2) is 4.79 Å². The zero-order chi connectivity index (χ0) is 19.6. The molecule has 27 heavy (non-hydrogen) atoms. The summed E-state index contributed by atoms with van der Waals surface area (Å²) in [6.45, 7) is 11.2. The maximum atomic E-state index is 11.9. The zero-order valence-electron chi connectivity index (χ0n) is 16.9. The van der Waals surface area contributed by atoms with E-state index >= 15 is 0 Å². The van der Waals surface area contributed by atoms with Gasteiger partial charge >= 0.3 is 5.63 Å². The van der Waals surface area contributed by atoms with Crippen LogP contribution in [0.1, 0.15) is 53.1 Å². The average Bonchev–Trinajstić information content (AvgIpc) is 2.64. The molecule has 3 nitrogen and oxygen atoms in total. The number of rotatable bonds is 6. The third-order valence-corrected chi connectivity index (χ3v) is 5.51. The van der Waals surface area contributed by atoms with Gasteiger partial charge in [0.25, 0.3) is 0 Å². The second-order valence-corrected chi connectivity index (χ2v) is 7.38. The van der Waals surface area contributed by atoms with Crippen LogP contribution in [-0.4, -0.2) is 0 Å². The summed E-state index contributed by atoms with van der Waals surface area (Å²) in [5.74, 6) is 0.719. The Labute approximate surface area is 161 Å². The van der Waals surface area contributed by atoms with Crippen LogP contribution < -0.4 is 10.4 Å². The molecule has 0 bridgehead atoms. The molecule has 1 heterocycles. The first kappa shape index (κ1) is 19.2. The quantitative estimate of drug-likeness (QED) is 0.508. The monoisotopic (exact) mass is 364 g/mol. The van der Waals surface area contributed by atoms with Crippen molar-refractivity contribution >= 4 is 11.0 Å². The van der Waals surface area contributed by atoms with Gasteiger partial charge in [-0.15, -0.1) is 0 Å². The van der Waals surface area contributed by atoms with Gasteiger partial charge in [-0.3, -0.25) is 0 Å². The molecular weight excluding hydrogens is 336 g/mol. The van der Waals surface area contributed by atoms with Crippen LogP contribution in [0.5, 0.6) is 5.75 Å². The molecular formula is C24H28O3. The summed E-state index contributed by atoms with van der Waals surface area (Å²) in [6, 6.07) is 9.63. The number of unbranched alkanes of at least 4 members (excludes halogenated alkanes) is 1. The Balaban J connectivity index is 1.90. The highest BCUT2D eigenvalue weighted by atomic mass is 16.5. The summed E-state index contributed by atoms with van der Waals surface area (Å²) < 4.78 is 11.5. The lowest BCUT2D eigenvalue weighted by Crippen LogP contribution is -2.04. The molecule has 0 amide bonds. The first-order valence-electron chi connectivity index (χ1n) is 9.66. The third kappa shape index (κ3) is 4.08. The van der Waals surface area contributed by atoms with Crippen molar-refractivity contribution < 1.29 is 9.15 Å². The minimum Gasteiger partial charge on any atom is -0.489 e. The lowest BCUT2D eigenvalue weighted by Gasteiger charge is -2.16. The van der Waals surface area contributed by atoms with Gasteiger partial charge in [0.2, 0.25) is 0 Å². The van der Waals surface area contributed by atoms with Crippen LogP contribution in [0.15, 0.2) is 39.5 Å². The number of hydrogen-bond donors (Lipinski definition) is 0. The summed E-state index contributed by atoms with van der Waals surface area (Å²) in [4.78, 5) is 11.9. The largest absolute Gasteiger partial charge is 0.489 e. The van der Waals surface area contributed by atoms with Crippen LogP contribution in [0.4, 0.5) is 0 Å². The van der Waals surface area contributed by atoms with E-state index in [0.29, 0.717) is 12.2 Å². The number of fused-ring (bicyclic) bond motifs is 1. The smallest absolute Gasteiger partial charge is 0.336 e. The Kier molecular flexibility index (Phi) is 5.69. The van der Waals surface area contributed by atoms with Gasteiger partial charge in [0, 0.05) is 17.5 Å². The number of hydrogen-bond acceptors (Lipinski definition) is 3. The van der Waals surface area contributed by atoms with Crippen molar-refractivity contribution in [2.45, 2.75) is 60.5 Å². The SMILES string of the molecule is CCCCc1cc(=O)oc2cc(OCc3c(C)c(C)cc(C)c3C)ccc12. The molecule has 0 aliphatic rings. The van der Waals surface area contributed by atoms with Gasteiger partial charge in [0.1, 0.15) is 17.9 Å². The summed E-state index contributed by atoms with van der Waals surface area (Å²) in [5.41, 5.74) is 7.68. The van der Waals surface area contributed by atoms with Crippen molar-refractivity contribution in [1.82, 2.24) is 0 Å². The van der Waals surface area contributed by atoms with Gasteiger partial charge in [-0.2, -0.15) is 0 Å². The second kappa shape index (κ2) is 7.99. The first-order chi connectivity index (χ1) is 12.9. The van der Waals surface area contributed by atoms with Crippen LogP contribution in [0.3, 0.4) is 0 Å². The van der Waals surface area contributed by atoms with Gasteiger partial charge in [0.15, 0.2) is 0 Å². The highest BCUT2D eigenvalue weighted by molar-refractivity contribution is 5.81. The molecule has 0 atom stereocenters. The molecule has 0 aliphatic carbocycles. The summed E-state index contributed by atoms with van der Waals surface area (Å²) in [6.07, 6.45) is 3.04. The van der Waals surface area contributed by atoms with Crippen LogP contribution in [0.2, 0.25) is 0 Å². The fraction of sp³-hybridized carbons (Fsp3) is 0.375. The van der Waals surface area contributed by atoms with Gasteiger partial charge in [0.05, 0.1) is 0 Å². The minimum atomic E-state index is -0.299. The molecule has 0 spiro atoms. The molecule has 0 fully saturated rings. The molecule has 0 saturated carbocycles. The van der Waals surface area contributed by atoms with E-state index in [-0.39, 0.29) is 5.63 Å². The van der Waals surface area contributed by atoms with E-state index < -0.39 is 0 Å². The van der Waals surface area contributed by atoms with E-state index in [2.05, 4.69) is 40.7 Å². The van der Waals surface area contributed by atoms with E-state index in [0.717, 1.165) is 36.0 Å². The topological polar surface area (TPSA) is 39.4 Å². The molecule has 3 aromatic rings. The van der Waals surface area contributed by atoms with E-state index in [9.17, 15) is 4.79 Å². The van der Waals surface area contributed by atoms with Crippen molar-refractivity contribution in [3.05, 3.63) is 74.1 Å². The molecule has 2 aromatic carbocycles. The molecule has 1 aromatic heterocycles. The van der Waals surface area contributed by atoms with Crippen molar-refractivity contribution in [3.8, 4) is 5.75 Å². The Morgan fingerprint density at radius 3 is 2.33 bits per heavy atom. The normalized spacial score (nSPS) is 11.1. The summed E-state index contributed by atoms with van der Waals surface area (Å²) >= 11 is 0. The standard InChI is InChI=1S/C24H28O3/c1-6-7-8-19-12-24(25)27-23-13-20(9-10-21(19)23)26-14-22-17(4)15(2)11-16(3)18(22)5/h9-13H,6-8,14H2,1-5H3. The van der Waals surface area contributed by atoms with E-state index in [1.54, 1.807) is 6.07 Å². The van der Waals surface area contributed by atoms with Gasteiger partial charge in [-0.1, -0.05) is 19.4 Å². The van der Waals surface area contributed by atoms with Crippen molar-refractivity contribution in [2.75, 3.05) is 0 Å². The van der Waals surface area contributed by atoms with E-state index in [4.69, 9.17) is 9.15 Å². The van der Waals surface area contributed by atoms with Crippen molar-refractivity contribution in [2.24, 2.45) is 0 Å². The maximum Gasteiger partial charge on any atom is 0.336 e. The molecule has 142 valence electrons. The molecule has 0 radical (unpaired) electrons. The first-order valence-corrected chi connectivity index (χ1v) is 9.66. The molecule has 0 aliphatic heterocycles. The number of benzene rings is 2. The highest BCUT2D eigenvalue weighted by Gasteiger charge is 2.11. The molecule has 3 rings (SSSR count). The number of aryl methyl sites for hydroxylation is 3. The Morgan fingerprint density at radius 2 is 1.67 bits per heavy atom. The van der Waals surface area contributed by atoms with Crippen LogP contribution in [0, 0.1) is 27.7 Å². The highest BCUT2D eigenvalue weighted by Crippen LogP contribution is 2.26.